The molecule has 0 aliphatic rings. The van der Waals surface area contributed by atoms with Gasteiger partial charge in [0, 0.05) is 12.0 Å². The lowest BCUT2D eigenvalue weighted by atomic mass is 10.1. The van der Waals surface area contributed by atoms with Crippen molar-refractivity contribution in [1.82, 2.24) is 5.32 Å². The smallest absolute Gasteiger partial charge is 0.162 e. The first-order valence-corrected chi connectivity index (χ1v) is 5.23. The molecule has 2 nitrogen and oxygen atoms in total. The summed E-state index contributed by atoms with van der Waals surface area (Å²) < 4.78 is 12.6. The fourth-order valence-corrected chi connectivity index (χ4v) is 1.33. The van der Waals surface area contributed by atoms with E-state index in [1.165, 1.54) is 24.3 Å². The zero-order valence-corrected chi connectivity index (χ0v) is 8.92. The Hall–Kier alpha value is -1.22. The molecule has 82 valence electrons. The highest BCUT2D eigenvalue weighted by molar-refractivity contribution is 5.95. The zero-order chi connectivity index (χ0) is 11.1. The predicted molar refractivity (Wildman–Crippen MR) is 58.5 cm³/mol. The molecule has 0 heterocycles. The summed E-state index contributed by atoms with van der Waals surface area (Å²) in [5, 5.41) is 3.15. The summed E-state index contributed by atoms with van der Waals surface area (Å²) in [6.45, 7) is 3.80. The van der Waals surface area contributed by atoms with Crippen LogP contribution in [0.3, 0.4) is 0 Å². The van der Waals surface area contributed by atoms with Gasteiger partial charge in [0.25, 0.3) is 0 Å². The number of halogens is 1. The normalized spacial score (nSPS) is 10.3. The molecular weight excluding hydrogens is 193 g/mol. The van der Waals surface area contributed by atoms with Crippen LogP contribution in [0.15, 0.2) is 24.3 Å². The maximum Gasteiger partial charge on any atom is 0.162 e. The number of hydrogen-bond acceptors (Lipinski definition) is 2. The van der Waals surface area contributed by atoms with Crippen molar-refractivity contribution in [2.24, 2.45) is 0 Å². The molecule has 0 fully saturated rings. The van der Waals surface area contributed by atoms with Gasteiger partial charge in [-0.1, -0.05) is 6.92 Å². The van der Waals surface area contributed by atoms with Crippen molar-refractivity contribution < 1.29 is 9.18 Å². The molecular formula is C12H16FNO. The Morgan fingerprint density at radius 3 is 2.60 bits per heavy atom. The summed E-state index contributed by atoms with van der Waals surface area (Å²) >= 11 is 0. The third-order valence-electron chi connectivity index (χ3n) is 2.17. The van der Waals surface area contributed by atoms with Crippen LogP contribution < -0.4 is 5.32 Å². The highest BCUT2D eigenvalue weighted by Crippen LogP contribution is 2.06. The van der Waals surface area contributed by atoms with Crippen LogP contribution in [0.4, 0.5) is 4.39 Å². The maximum absolute atomic E-state index is 12.6. The fraction of sp³-hybridized carbons (Fsp3) is 0.417. The summed E-state index contributed by atoms with van der Waals surface area (Å²) in [5.41, 5.74) is 0.591. The number of carbonyl (C=O) groups excluding carboxylic acids is 1. The zero-order valence-electron chi connectivity index (χ0n) is 8.92. The van der Waals surface area contributed by atoms with Gasteiger partial charge < -0.3 is 5.32 Å². The predicted octanol–water partition coefficient (Wildman–Crippen LogP) is 2.40. The van der Waals surface area contributed by atoms with E-state index in [1.54, 1.807) is 0 Å². The van der Waals surface area contributed by atoms with Crippen molar-refractivity contribution in [3.63, 3.8) is 0 Å². The quantitative estimate of drug-likeness (QED) is 0.575. The van der Waals surface area contributed by atoms with Gasteiger partial charge >= 0.3 is 0 Å². The molecule has 0 saturated heterocycles. The minimum absolute atomic E-state index is 0.0768. The average molecular weight is 209 g/mol. The standard InChI is InChI=1S/C12H16FNO/c1-2-14-9-3-4-12(15)10-5-7-11(13)8-6-10/h5-8,14H,2-4,9H2,1H3. The van der Waals surface area contributed by atoms with E-state index in [1.807, 2.05) is 6.92 Å². The van der Waals surface area contributed by atoms with Crippen LogP contribution in [0, 0.1) is 5.82 Å². The number of rotatable bonds is 6. The van der Waals surface area contributed by atoms with E-state index in [4.69, 9.17) is 0 Å². The monoisotopic (exact) mass is 209 g/mol. The van der Waals surface area contributed by atoms with Gasteiger partial charge in [0.15, 0.2) is 5.78 Å². The van der Waals surface area contributed by atoms with Crippen molar-refractivity contribution in [2.75, 3.05) is 13.1 Å². The Bertz CT molecular complexity index is 308. The summed E-state index contributed by atoms with van der Waals surface area (Å²) in [6.07, 6.45) is 1.34. The molecule has 0 saturated carbocycles. The third kappa shape index (κ3) is 4.21. The van der Waals surface area contributed by atoms with E-state index in [9.17, 15) is 9.18 Å². The molecule has 0 aliphatic carbocycles. The molecule has 0 bridgehead atoms. The van der Waals surface area contributed by atoms with E-state index in [0.717, 1.165) is 19.5 Å². The molecule has 1 aromatic rings. The first kappa shape index (κ1) is 11.9. The molecule has 0 amide bonds. The average Bonchev–Trinajstić information content (AvgIpc) is 2.25. The highest BCUT2D eigenvalue weighted by atomic mass is 19.1. The Labute approximate surface area is 89.5 Å². The van der Waals surface area contributed by atoms with E-state index in [2.05, 4.69) is 5.32 Å². The van der Waals surface area contributed by atoms with Crippen molar-refractivity contribution in [3.05, 3.63) is 35.6 Å². The first-order chi connectivity index (χ1) is 7.24. The van der Waals surface area contributed by atoms with Crippen molar-refractivity contribution in [1.29, 1.82) is 0 Å². The third-order valence-corrected chi connectivity index (χ3v) is 2.17. The van der Waals surface area contributed by atoms with Gasteiger partial charge in [0.05, 0.1) is 0 Å². The highest BCUT2D eigenvalue weighted by Gasteiger charge is 2.04. The van der Waals surface area contributed by atoms with Gasteiger partial charge in [-0.2, -0.15) is 0 Å². The van der Waals surface area contributed by atoms with Gasteiger partial charge in [-0.05, 0) is 43.8 Å². The molecule has 0 unspecified atom stereocenters. The summed E-state index contributed by atoms with van der Waals surface area (Å²) in [5.74, 6) is -0.230. The van der Waals surface area contributed by atoms with Gasteiger partial charge in [0.2, 0.25) is 0 Å². The second kappa shape index (κ2) is 6.30. The Morgan fingerprint density at radius 2 is 2.00 bits per heavy atom. The Kier molecular flexibility index (Phi) is 4.98. The molecule has 15 heavy (non-hydrogen) atoms. The maximum atomic E-state index is 12.6. The number of Topliss-reactive ketones (excluding diaryl/α,β-unsaturated/α-hetero) is 1. The molecule has 1 N–H and O–H groups in total. The summed E-state index contributed by atoms with van der Waals surface area (Å²) in [7, 11) is 0. The van der Waals surface area contributed by atoms with Crippen LogP contribution in [-0.2, 0) is 0 Å². The summed E-state index contributed by atoms with van der Waals surface area (Å²) in [6, 6.07) is 5.70. The number of benzene rings is 1. The SMILES string of the molecule is CCNCCCC(=O)c1ccc(F)cc1. The van der Waals surface area contributed by atoms with Gasteiger partial charge in [0.1, 0.15) is 5.82 Å². The van der Waals surface area contributed by atoms with E-state index in [0.29, 0.717) is 12.0 Å². The molecule has 0 atom stereocenters. The van der Waals surface area contributed by atoms with Crippen molar-refractivity contribution in [2.45, 2.75) is 19.8 Å². The number of hydrogen-bond donors (Lipinski definition) is 1. The lowest BCUT2D eigenvalue weighted by Crippen LogP contribution is -2.15. The van der Waals surface area contributed by atoms with Gasteiger partial charge in [-0.3, -0.25) is 4.79 Å². The lowest BCUT2D eigenvalue weighted by Gasteiger charge is -2.01. The van der Waals surface area contributed by atoms with E-state index >= 15 is 0 Å². The molecule has 1 aromatic carbocycles. The number of nitrogens with one attached hydrogen (secondary N) is 1. The topological polar surface area (TPSA) is 29.1 Å². The van der Waals surface area contributed by atoms with Crippen LogP contribution >= 0.6 is 0 Å². The number of carbonyl (C=O) groups is 1. The minimum Gasteiger partial charge on any atom is -0.317 e. The molecule has 1 rings (SSSR count). The van der Waals surface area contributed by atoms with Gasteiger partial charge in [-0.15, -0.1) is 0 Å². The van der Waals surface area contributed by atoms with Crippen LogP contribution in [0.25, 0.3) is 0 Å². The molecule has 0 spiro atoms. The second-order valence-corrected chi connectivity index (χ2v) is 3.39. The minimum atomic E-state index is -0.306. The largest absolute Gasteiger partial charge is 0.317 e. The Balaban J connectivity index is 2.37. The van der Waals surface area contributed by atoms with Crippen LogP contribution in [0.2, 0.25) is 0 Å². The molecule has 0 aromatic heterocycles. The second-order valence-electron chi connectivity index (χ2n) is 3.39. The van der Waals surface area contributed by atoms with Crippen molar-refractivity contribution in [3.8, 4) is 0 Å². The van der Waals surface area contributed by atoms with E-state index < -0.39 is 0 Å². The van der Waals surface area contributed by atoms with Crippen LogP contribution in [-0.4, -0.2) is 18.9 Å². The lowest BCUT2D eigenvalue weighted by molar-refractivity contribution is 0.0980. The van der Waals surface area contributed by atoms with Crippen LogP contribution in [0.5, 0.6) is 0 Å². The molecule has 0 aliphatic heterocycles. The summed E-state index contributed by atoms with van der Waals surface area (Å²) in [4.78, 5) is 11.6. The fourth-order valence-electron chi connectivity index (χ4n) is 1.33. The van der Waals surface area contributed by atoms with Crippen molar-refractivity contribution >= 4 is 5.78 Å². The number of ketones is 1. The molecule has 3 heteroatoms. The molecule has 0 radical (unpaired) electrons. The van der Waals surface area contributed by atoms with Gasteiger partial charge in [-0.25, -0.2) is 4.39 Å². The first-order valence-electron chi connectivity index (χ1n) is 5.23. The van der Waals surface area contributed by atoms with E-state index in [-0.39, 0.29) is 11.6 Å². The Morgan fingerprint density at radius 1 is 1.33 bits per heavy atom. The van der Waals surface area contributed by atoms with Crippen LogP contribution in [0.1, 0.15) is 30.1 Å².